The summed E-state index contributed by atoms with van der Waals surface area (Å²) in [4.78, 5) is 39.5. The molecule has 2 saturated carbocycles. The molecule has 0 radical (unpaired) electrons. The van der Waals surface area contributed by atoms with Crippen LogP contribution < -0.4 is 9.64 Å². The third-order valence-corrected chi connectivity index (χ3v) is 6.60. The van der Waals surface area contributed by atoms with Crippen molar-refractivity contribution >= 4 is 23.5 Å². The molecule has 1 saturated heterocycles. The molecular formula is C23H21NO4. The smallest absolute Gasteiger partial charge is 0.343 e. The summed E-state index contributed by atoms with van der Waals surface area (Å²) in [6, 6.07) is 13.9. The molecule has 2 aromatic rings. The third kappa shape index (κ3) is 2.49. The fourth-order valence-corrected chi connectivity index (χ4v) is 5.29. The van der Waals surface area contributed by atoms with Gasteiger partial charge in [0.05, 0.1) is 23.1 Å². The molecule has 0 N–H and O–H groups in total. The summed E-state index contributed by atoms with van der Waals surface area (Å²) in [5.74, 6) is 0.298. The SMILES string of the molecule is Cc1ccccc1C(=O)Oc1ccc(N2C(=O)[C@H]3[C@@H]4CC[C@@H](C4)[C@@H]3C2=O)cc1. The Kier molecular flexibility index (Phi) is 3.86. The van der Waals surface area contributed by atoms with Gasteiger partial charge >= 0.3 is 5.97 Å². The number of hydrogen-bond donors (Lipinski definition) is 0. The van der Waals surface area contributed by atoms with Crippen LogP contribution >= 0.6 is 0 Å². The summed E-state index contributed by atoms with van der Waals surface area (Å²) in [7, 11) is 0. The lowest BCUT2D eigenvalue weighted by atomic mass is 9.81. The highest BCUT2D eigenvalue weighted by Crippen LogP contribution is 2.56. The zero-order valence-corrected chi connectivity index (χ0v) is 15.6. The number of hydrogen-bond acceptors (Lipinski definition) is 4. The van der Waals surface area contributed by atoms with Gasteiger partial charge in [-0.05, 0) is 73.9 Å². The normalized spacial score (nSPS) is 28.0. The summed E-state index contributed by atoms with van der Waals surface area (Å²) in [6.07, 6.45) is 3.15. The van der Waals surface area contributed by atoms with Gasteiger partial charge in [-0.1, -0.05) is 18.2 Å². The van der Waals surface area contributed by atoms with Crippen molar-refractivity contribution in [1.29, 1.82) is 0 Å². The number of carbonyl (C=O) groups is 3. The average molecular weight is 375 g/mol. The van der Waals surface area contributed by atoms with Gasteiger partial charge in [-0.3, -0.25) is 14.5 Å². The first-order valence-corrected chi connectivity index (χ1v) is 9.80. The first-order valence-electron chi connectivity index (χ1n) is 9.80. The monoisotopic (exact) mass is 375 g/mol. The van der Waals surface area contributed by atoms with Gasteiger partial charge in [0.15, 0.2) is 0 Å². The van der Waals surface area contributed by atoms with Crippen LogP contribution in [-0.4, -0.2) is 17.8 Å². The van der Waals surface area contributed by atoms with Crippen molar-refractivity contribution in [2.24, 2.45) is 23.7 Å². The molecule has 2 aliphatic carbocycles. The van der Waals surface area contributed by atoms with Gasteiger partial charge in [-0.15, -0.1) is 0 Å². The number of imide groups is 1. The molecule has 5 nitrogen and oxygen atoms in total. The maximum absolute atomic E-state index is 12.9. The number of anilines is 1. The number of aryl methyl sites for hydroxylation is 1. The number of amides is 2. The second kappa shape index (κ2) is 6.30. The molecule has 0 aromatic heterocycles. The minimum atomic E-state index is -0.426. The van der Waals surface area contributed by atoms with Gasteiger partial charge in [-0.25, -0.2) is 4.79 Å². The van der Waals surface area contributed by atoms with Gasteiger partial charge in [0.1, 0.15) is 5.75 Å². The molecule has 4 atom stereocenters. The van der Waals surface area contributed by atoms with Crippen LogP contribution in [0.5, 0.6) is 5.75 Å². The molecule has 3 fully saturated rings. The Labute approximate surface area is 163 Å². The van der Waals surface area contributed by atoms with E-state index in [1.54, 1.807) is 36.4 Å². The van der Waals surface area contributed by atoms with Crippen molar-refractivity contribution < 1.29 is 19.1 Å². The molecule has 28 heavy (non-hydrogen) atoms. The first kappa shape index (κ1) is 17.2. The lowest BCUT2D eigenvalue weighted by molar-refractivity contribution is -0.123. The van der Waals surface area contributed by atoms with Crippen LogP contribution in [0.25, 0.3) is 0 Å². The zero-order valence-electron chi connectivity index (χ0n) is 15.6. The van der Waals surface area contributed by atoms with E-state index in [0.717, 1.165) is 24.8 Å². The number of rotatable bonds is 3. The van der Waals surface area contributed by atoms with Gasteiger partial charge in [0, 0.05) is 0 Å². The molecule has 142 valence electrons. The standard InChI is InChI=1S/C23H21NO4/c1-13-4-2-3-5-18(13)23(27)28-17-10-8-16(9-11-17)24-21(25)19-14-6-7-15(12-14)20(19)22(24)26/h2-5,8-11,14-15,19-20H,6-7,12H2,1H3/t14-,15+,19-,20-/m0/s1. The van der Waals surface area contributed by atoms with Crippen molar-refractivity contribution in [2.45, 2.75) is 26.2 Å². The van der Waals surface area contributed by atoms with Crippen LogP contribution in [-0.2, 0) is 9.59 Å². The third-order valence-electron chi connectivity index (χ3n) is 6.60. The molecule has 2 bridgehead atoms. The fourth-order valence-electron chi connectivity index (χ4n) is 5.29. The number of nitrogens with zero attached hydrogens (tertiary/aromatic N) is 1. The summed E-state index contributed by atoms with van der Waals surface area (Å²) in [5, 5.41) is 0. The van der Waals surface area contributed by atoms with E-state index < -0.39 is 5.97 Å². The van der Waals surface area contributed by atoms with Crippen LogP contribution in [0.3, 0.4) is 0 Å². The first-order chi connectivity index (χ1) is 13.5. The van der Waals surface area contributed by atoms with Crippen molar-refractivity contribution in [1.82, 2.24) is 0 Å². The predicted octanol–water partition coefficient (Wildman–Crippen LogP) is 3.75. The molecular weight excluding hydrogens is 354 g/mol. The topological polar surface area (TPSA) is 63.7 Å². The van der Waals surface area contributed by atoms with E-state index in [-0.39, 0.29) is 23.7 Å². The predicted molar refractivity (Wildman–Crippen MR) is 103 cm³/mol. The molecule has 2 aromatic carbocycles. The van der Waals surface area contributed by atoms with E-state index >= 15 is 0 Å². The van der Waals surface area contributed by atoms with Gasteiger partial charge in [0.25, 0.3) is 0 Å². The Morgan fingerprint density at radius 3 is 2.14 bits per heavy atom. The minimum Gasteiger partial charge on any atom is -0.423 e. The quantitative estimate of drug-likeness (QED) is 0.466. The van der Waals surface area contributed by atoms with Crippen LogP contribution in [0.1, 0.15) is 35.2 Å². The molecule has 5 heteroatoms. The zero-order chi connectivity index (χ0) is 19.4. The Morgan fingerprint density at radius 2 is 1.54 bits per heavy atom. The lowest BCUT2D eigenvalue weighted by Gasteiger charge is -2.19. The van der Waals surface area contributed by atoms with Gasteiger partial charge in [0.2, 0.25) is 11.8 Å². The van der Waals surface area contributed by atoms with Crippen LogP contribution in [0.2, 0.25) is 0 Å². The van der Waals surface area contributed by atoms with Crippen molar-refractivity contribution in [3.63, 3.8) is 0 Å². The van der Waals surface area contributed by atoms with E-state index in [9.17, 15) is 14.4 Å². The fraction of sp³-hybridized carbons (Fsp3) is 0.348. The highest BCUT2D eigenvalue weighted by molar-refractivity contribution is 6.22. The van der Waals surface area contributed by atoms with Crippen LogP contribution in [0, 0.1) is 30.6 Å². The molecule has 1 aliphatic heterocycles. The number of benzene rings is 2. The van der Waals surface area contributed by atoms with Gasteiger partial charge < -0.3 is 4.74 Å². The highest BCUT2D eigenvalue weighted by atomic mass is 16.5. The van der Waals surface area contributed by atoms with Crippen molar-refractivity contribution in [2.75, 3.05) is 4.90 Å². The van der Waals surface area contributed by atoms with E-state index in [1.807, 2.05) is 19.1 Å². The number of fused-ring (bicyclic) bond motifs is 5. The highest BCUT2D eigenvalue weighted by Gasteiger charge is 2.61. The summed E-state index contributed by atoms with van der Waals surface area (Å²) in [6.45, 7) is 1.86. The Bertz CT molecular complexity index is 952. The summed E-state index contributed by atoms with van der Waals surface area (Å²) < 4.78 is 5.44. The molecule has 5 rings (SSSR count). The summed E-state index contributed by atoms with van der Waals surface area (Å²) in [5.41, 5.74) is 1.91. The second-order valence-electron chi connectivity index (χ2n) is 8.10. The average Bonchev–Trinajstić information content (AvgIpc) is 3.37. The Balaban J connectivity index is 1.35. The molecule has 2 amide bonds. The largest absolute Gasteiger partial charge is 0.423 e. The molecule has 0 unspecified atom stereocenters. The molecule has 0 spiro atoms. The number of carbonyl (C=O) groups excluding carboxylic acids is 3. The van der Waals surface area contributed by atoms with Crippen molar-refractivity contribution in [3.8, 4) is 5.75 Å². The summed E-state index contributed by atoms with van der Waals surface area (Å²) >= 11 is 0. The Hall–Kier alpha value is -2.95. The van der Waals surface area contributed by atoms with Crippen molar-refractivity contribution in [3.05, 3.63) is 59.7 Å². The van der Waals surface area contributed by atoms with Gasteiger partial charge in [-0.2, -0.15) is 0 Å². The minimum absolute atomic E-state index is 0.0631. The molecule has 3 aliphatic rings. The number of ether oxygens (including phenoxy) is 1. The Morgan fingerprint density at radius 1 is 0.929 bits per heavy atom. The molecule has 1 heterocycles. The lowest BCUT2D eigenvalue weighted by Crippen LogP contribution is -2.32. The van der Waals surface area contributed by atoms with E-state index in [2.05, 4.69) is 0 Å². The van der Waals surface area contributed by atoms with Crippen LogP contribution in [0.15, 0.2) is 48.5 Å². The van der Waals surface area contributed by atoms with E-state index in [1.165, 1.54) is 4.90 Å². The maximum Gasteiger partial charge on any atom is 0.343 e. The second-order valence-corrected chi connectivity index (χ2v) is 8.10. The van der Waals surface area contributed by atoms with E-state index in [0.29, 0.717) is 28.8 Å². The van der Waals surface area contributed by atoms with Crippen LogP contribution in [0.4, 0.5) is 5.69 Å². The van der Waals surface area contributed by atoms with E-state index in [4.69, 9.17) is 4.74 Å². The number of esters is 1. The maximum atomic E-state index is 12.9.